The number of aryl methyl sites for hydroxylation is 1. The number of amides is 1. The van der Waals surface area contributed by atoms with Crippen LogP contribution >= 0.6 is 0 Å². The summed E-state index contributed by atoms with van der Waals surface area (Å²) < 4.78 is 13.7. The van der Waals surface area contributed by atoms with E-state index >= 15 is 0 Å². The Labute approximate surface area is 119 Å². The molecule has 2 aromatic rings. The number of nitrogens with two attached hydrogens (primary N) is 1. The maximum atomic E-state index is 13.7. The number of benzene rings is 1. The van der Waals surface area contributed by atoms with Crippen molar-refractivity contribution in [2.75, 3.05) is 5.32 Å². The minimum atomic E-state index is -0.724. The number of nitrogens with zero attached hydrogens (tertiary/aromatic N) is 3. The number of nitrogens with one attached hydrogen (secondary N) is 1. The van der Waals surface area contributed by atoms with Crippen LogP contribution in [0.1, 0.15) is 21.7 Å². The predicted molar refractivity (Wildman–Crippen MR) is 73.6 cm³/mol. The highest BCUT2D eigenvalue weighted by molar-refractivity contribution is 6.09. The summed E-state index contributed by atoms with van der Waals surface area (Å²) in [5, 5.41) is 13.9. The van der Waals surface area contributed by atoms with Crippen molar-refractivity contribution in [2.24, 2.45) is 10.9 Å². The Bertz CT molecular complexity index is 700. The summed E-state index contributed by atoms with van der Waals surface area (Å²) in [4.78, 5) is 19.9. The summed E-state index contributed by atoms with van der Waals surface area (Å²) in [5.74, 6) is -1.75. The molecule has 1 amide bonds. The zero-order chi connectivity index (χ0) is 15.4. The highest BCUT2D eigenvalue weighted by atomic mass is 19.1. The second kappa shape index (κ2) is 5.95. The van der Waals surface area contributed by atoms with Gasteiger partial charge >= 0.3 is 0 Å². The van der Waals surface area contributed by atoms with Crippen molar-refractivity contribution in [3.63, 3.8) is 0 Å². The Morgan fingerprint density at radius 1 is 1.38 bits per heavy atom. The molecule has 4 N–H and O–H groups in total. The van der Waals surface area contributed by atoms with E-state index in [9.17, 15) is 9.18 Å². The number of hydrogen-bond donors (Lipinski definition) is 3. The number of rotatable bonds is 3. The van der Waals surface area contributed by atoms with Crippen LogP contribution in [0.15, 0.2) is 35.7 Å². The number of aromatic nitrogens is 2. The van der Waals surface area contributed by atoms with Gasteiger partial charge in [-0.1, -0.05) is 11.2 Å². The standard InChI is InChI=1S/C13H12FN5O2/c1-7-5-17-10(6-16-7)13(20)18-9-4-2-3-8(14)11(9)12(15)19-21/h2-6,21H,1H3,(H2,15,19)(H,18,20). The quantitative estimate of drug-likeness (QED) is 0.341. The monoisotopic (exact) mass is 289 g/mol. The van der Waals surface area contributed by atoms with Crippen LogP contribution in [0.3, 0.4) is 0 Å². The Morgan fingerprint density at radius 2 is 2.14 bits per heavy atom. The summed E-state index contributed by atoms with van der Waals surface area (Å²) in [5.41, 5.74) is 6.00. The number of carbonyl (C=O) groups excluding carboxylic acids is 1. The second-order valence-corrected chi connectivity index (χ2v) is 4.14. The molecule has 0 atom stereocenters. The first kappa shape index (κ1) is 14.4. The molecule has 0 saturated heterocycles. The van der Waals surface area contributed by atoms with Crippen molar-refractivity contribution < 1.29 is 14.4 Å². The van der Waals surface area contributed by atoms with Gasteiger partial charge in [-0.05, 0) is 19.1 Å². The molecular weight excluding hydrogens is 277 g/mol. The van der Waals surface area contributed by atoms with Gasteiger partial charge in [-0.3, -0.25) is 9.78 Å². The first-order valence-corrected chi connectivity index (χ1v) is 5.89. The van der Waals surface area contributed by atoms with Crippen LogP contribution in [0, 0.1) is 12.7 Å². The SMILES string of the molecule is Cc1cnc(C(=O)Nc2cccc(F)c2C(N)=NO)cn1. The molecule has 0 spiro atoms. The molecule has 0 aliphatic rings. The van der Waals surface area contributed by atoms with Crippen molar-refractivity contribution in [2.45, 2.75) is 6.92 Å². The molecule has 1 heterocycles. The second-order valence-electron chi connectivity index (χ2n) is 4.14. The number of anilines is 1. The van der Waals surface area contributed by atoms with Gasteiger partial charge in [-0.2, -0.15) is 0 Å². The van der Waals surface area contributed by atoms with Crippen molar-refractivity contribution in [3.8, 4) is 0 Å². The molecular formula is C13H12FN5O2. The van der Waals surface area contributed by atoms with E-state index in [-0.39, 0.29) is 16.9 Å². The molecule has 0 aliphatic carbocycles. The van der Waals surface area contributed by atoms with E-state index < -0.39 is 17.6 Å². The number of amidine groups is 1. The number of halogens is 1. The lowest BCUT2D eigenvalue weighted by atomic mass is 10.1. The van der Waals surface area contributed by atoms with Crippen LogP contribution in [0.25, 0.3) is 0 Å². The normalized spacial score (nSPS) is 11.2. The van der Waals surface area contributed by atoms with E-state index in [4.69, 9.17) is 10.9 Å². The molecule has 1 aromatic carbocycles. The zero-order valence-electron chi connectivity index (χ0n) is 11.0. The van der Waals surface area contributed by atoms with Crippen LogP contribution in [0.4, 0.5) is 10.1 Å². The summed E-state index contributed by atoms with van der Waals surface area (Å²) >= 11 is 0. The maximum Gasteiger partial charge on any atom is 0.275 e. The van der Waals surface area contributed by atoms with E-state index in [1.807, 2.05) is 0 Å². The molecule has 8 heteroatoms. The van der Waals surface area contributed by atoms with Gasteiger partial charge in [0.2, 0.25) is 0 Å². The van der Waals surface area contributed by atoms with Gasteiger partial charge < -0.3 is 16.3 Å². The Balaban J connectivity index is 2.33. The fraction of sp³-hybridized carbons (Fsp3) is 0.0769. The summed E-state index contributed by atoms with van der Waals surface area (Å²) in [6.07, 6.45) is 2.73. The van der Waals surface area contributed by atoms with Gasteiger partial charge in [0.05, 0.1) is 23.1 Å². The first-order chi connectivity index (χ1) is 10.0. The average Bonchev–Trinajstić information content (AvgIpc) is 2.47. The zero-order valence-corrected chi connectivity index (χ0v) is 11.0. The highest BCUT2D eigenvalue weighted by Gasteiger charge is 2.16. The van der Waals surface area contributed by atoms with Crippen LogP contribution < -0.4 is 11.1 Å². The lowest BCUT2D eigenvalue weighted by molar-refractivity contribution is 0.102. The average molecular weight is 289 g/mol. The molecule has 0 radical (unpaired) electrons. The first-order valence-electron chi connectivity index (χ1n) is 5.89. The lowest BCUT2D eigenvalue weighted by Crippen LogP contribution is -2.21. The van der Waals surface area contributed by atoms with E-state index in [0.717, 1.165) is 6.07 Å². The van der Waals surface area contributed by atoms with Crippen LogP contribution in [0.2, 0.25) is 0 Å². The molecule has 108 valence electrons. The summed E-state index contributed by atoms with van der Waals surface area (Å²) in [6.45, 7) is 1.73. The molecule has 2 rings (SSSR count). The Morgan fingerprint density at radius 3 is 2.76 bits per heavy atom. The van der Waals surface area contributed by atoms with Crippen molar-refractivity contribution >= 4 is 17.4 Å². The molecule has 0 bridgehead atoms. The van der Waals surface area contributed by atoms with Crippen molar-refractivity contribution in [1.82, 2.24) is 9.97 Å². The van der Waals surface area contributed by atoms with Gasteiger partial charge in [0.1, 0.15) is 11.5 Å². The largest absolute Gasteiger partial charge is 0.409 e. The highest BCUT2D eigenvalue weighted by Crippen LogP contribution is 2.19. The van der Waals surface area contributed by atoms with Crippen LogP contribution in [-0.2, 0) is 0 Å². The van der Waals surface area contributed by atoms with Gasteiger partial charge in [0.25, 0.3) is 5.91 Å². The fourth-order valence-corrected chi connectivity index (χ4v) is 1.63. The minimum absolute atomic E-state index is 0.0651. The molecule has 0 aliphatic heterocycles. The number of oxime groups is 1. The van der Waals surface area contributed by atoms with Crippen molar-refractivity contribution in [3.05, 3.63) is 53.4 Å². The summed E-state index contributed by atoms with van der Waals surface area (Å²) in [6, 6.07) is 3.95. The molecule has 0 unspecified atom stereocenters. The van der Waals surface area contributed by atoms with Crippen LogP contribution in [0.5, 0.6) is 0 Å². The Hall–Kier alpha value is -3.03. The maximum absolute atomic E-state index is 13.7. The third-order valence-electron chi connectivity index (χ3n) is 2.64. The summed E-state index contributed by atoms with van der Waals surface area (Å²) in [7, 11) is 0. The molecule has 0 fully saturated rings. The van der Waals surface area contributed by atoms with Gasteiger partial charge in [-0.15, -0.1) is 0 Å². The molecule has 21 heavy (non-hydrogen) atoms. The van der Waals surface area contributed by atoms with Gasteiger partial charge in [-0.25, -0.2) is 9.37 Å². The third-order valence-corrected chi connectivity index (χ3v) is 2.64. The minimum Gasteiger partial charge on any atom is -0.409 e. The topological polar surface area (TPSA) is 113 Å². The smallest absolute Gasteiger partial charge is 0.275 e. The van der Waals surface area contributed by atoms with Gasteiger partial charge in [0.15, 0.2) is 5.84 Å². The van der Waals surface area contributed by atoms with E-state index in [0.29, 0.717) is 5.69 Å². The number of carbonyl (C=O) groups is 1. The lowest BCUT2D eigenvalue weighted by Gasteiger charge is -2.10. The number of hydrogen-bond acceptors (Lipinski definition) is 5. The van der Waals surface area contributed by atoms with Crippen molar-refractivity contribution in [1.29, 1.82) is 0 Å². The molecule has 1 aromatic heterocycles. The third kappa shape index (κ3) is 3.11. The fourth-order valence-electron chi connectivity index (χ4n) is 1.63. The van der Waals surface area contributed by atoms with E-state index in [1.54, 1.807) is 6.92 Å². The Kier molecular flexibility index (Phi) is 4.07. The molecule has 7 nitrogen and oxygen atoms in total. The van der Waals surface area contributed by atoms with Crippen LogP contribution in [-0.4, -0.2) is 26.9 Å². The van der Waals surface area contributed by atoms with E-state index in [2.05, 4.69) is 20.4 Å². The molecule has 0 saturated carbocycles. The van der Waals surface area contributed by atoms with E-state index in [1.165, 1.54) is 24.5 Å². The van der Waals surface area contributed by atoms with Gasteiger partial charge in [0, 0.05) is 6.20 Å². The predicted octanol–water partition coefficient (Wildman–Crippen LogP) is 1.27.